The van der Waals surface area contributed by atoms with Crippen molar-refractivity contribution in [1.82, 2.24) is 30.4 Å². The van der Waals surface area contributed by atoms with Crippen LogP contribution in [0, 0.1) is 0 Å². The molecule has 2 aliphatic heterocycles. The van der Waals surface area contributed by atoms with Crippen molar-refractivity contribution < 1.29 is 14.7 Å². The van der Waals surface area contributed by atoms with Crippen LogP contribution in [0.1, 0.15) is 119 Å². The van der Waals surface area contributed by atoms with Gasteiger partial charge in [0.2, 0.25) is 11.8 Å². The van der Waals surface area contributed by atoms with Crippen LogP contribution in [0.4, 0.5) is 11.4 Å². The predicted octanol–water partition coefficient (Wildman–Crippen LogP) is 10.1. The van der Waals surface area contributed by atoms with Gasteiger partial charge in [0, 0.05) is 52.9 Å². The van der Waals surface area contributed by atoms with E-state index in [1.165, 1.54) is 44.3 Å². The number of aliphatic hydroxyl groups excluding tert-OH is 1. The molecule has 2 aliphatic carbocycles. The van der Waals surface area contributed by atoms with E-state index in [-0.39, 0.29) is 17.9 Å². The van der Waals surface area contributed by atoms with Gasteiger partial charge in [-0.05, 0) is 143 Å². The van der Waals surface area contributed by atoms with Gasteiger partial charge in [0.05, 0.1) is 46.0 Å². The quantitative estimate of drug-likeness (QED) is 0.0872. The average Bonchev–Trinajstić information content (AvgIpc) is 4.09. The van der Waals surface area contributed by atoms with Crippen LogP contribution in [0.2, 0.25) is 0 Å². The molecule has 61 heavy (non-hydrogen) atoms. The van der Waals surface area contributed by atoms with Crippen molar-refractivity contribution in [1.29, 1.82) is 0 Å². The maximum atomic E-state index is 13.6. The molecule has 0 fully saturated rings. The van der Waals surface area contributed by atoms with E-state index < -0.39 is 5.41 Å². The zero-order valence-corrected chi connectivity index (χ0v) is 36.7. The number of anilines is 2. The van der Waals surface area contributed by atoms with Gasteiger partial charge in [0.25, 0.3) is 0 Å². The lowest BCUT2D eigenvalue weighted by Crippen LogP contribution is -2.40. The predicted molar refractivity (Wildman–Crippen MR) is 247 cm³/mol. The van der Waals surface area contributed by atoms with Crippen LogP contribution < -0.4 is 9.80 Å². The number of hydrogen-bond acceptors (Lipinski definition) is 5. The molecule has 0 saturated carbocycles. The number of benzene rings is 2. The summed E-state index contributed by atoms with van der Waals surface area (Å²) in [6, 6.07) is 8.98. The van der Waals surface area contributed by atoms with Crippen LogP contribution in [-0.2, 0) is 46.1 Å². The van der Waals surface area contributed by atoms with E-state index >= 15 is 0 Å². The molecular formula is C50H62N8O3. The Labute approximate surface area is 359 Å². The molecule has 10 rings (SSSR count). The van der Waals surface area contributed by atoms with E-state index in [1.807, 2.05) is 41.3 Å². The van der Waals surface area contributed by atoms with Gasteiger partial charge in [-0.25, -0.2) is 0 Å². The van der Waals surface area contributed by atoms with Crippen molar-refractivity contribution in [2.45, 2.75) is 122 Å². The minimum atomic E-state index is -0.606. The number of fused-ring (bicyclic) bond motifs is 12. The SMILES string of the molecule is C=CCC1(CC=C)C(=O)N(CC)c2cc3c4c([nH]c3cc21)-c1[nH]ncc1CCC4.CCCC1(CCC)C(=O)N(CC)c2cc3c4c([nH]c3cc21)-c1[nH]ncc1CCC4.CCO. The molecule has 2 aromatic carbocycles. The lowest BCUT2D eigenvalue weighted by atomic mass is 9.74. The molecule has 11 nitrogen and oxygen atoms in total. The number of rotatable bonds is 10. The number of likely N-dealkylation sites (N-methyl/N-ethyl adjacent to an activating group) is 2. The molecule has 320 valence electrons. The number of aliphatic hydroxyl groups is 1. The molecule has 5 N–H and O–H groups in total. The molecule has 0 saturated heterocycles. The van der Waals surface area contributed by atoms with Crippen molar-refractivity contribution in [2.24, 2.45) is 0 Å². The van der Waals surface area contributed by atoms with Crippen LogP contribution >= 0.6 is 0 Å². The van der Waals surface area contributed by atoms with E-state index in [0.717, 1.165) is 116 Å². The number of allylic oxidation sites excluding steroid dienone is 2. The fraction of sp³-hybridized carbons (Fsp3) is 0.440. The van der Waals surface area contributed by atoms with Crippen molar-refractivity contribution in [2.75, 3.05) is 29.5 Å². The Morgan fingerprint density at radius 2 is 1.08 bits per heavy atom. The minimum Gasteiger partial charge on any atom is -0.397 e. The molecule has 4 aromatic heterocycles. The zero-order chi connectivity index (χ0) is 43.1. The summed E-state index contributed by atoms with van der Waals surface area (Å²) in [5.41, 5.74) is 15.5. The second-order valence-corrected chi connectivity index (χ2v) is 17.1. The maximum Gasteiger partial charge on any atom is 0.238 e. The van der Waals surface area contributed by atoms with E-state index in [1.54, 1.807) is 6.92 Å². The van der Waals surface area contributed by atoms with E-state index in [9.17, 15) is 9.59 Å². The molecule has 2 amide bonds. The third-order valence-electron chi connectivity index (χ3n) is 13.6. The van der Waals surface area contributed by atoms with Gasteiger partial charge in [-0.15, -0.1) is 13.2 Å². The summed E-state index contributed by atoms with van der Waals surface area (Å²) in [6.45, 7) is 19.7. The minimum absolute atomic E-state index is 0.157. The number of nitrogens with zero attached hydrogens (tertiary/aromatic N) is 4. The highest BCUT2D eigenvalue weighted by Crippen LogP contribution is 2.51. The van der Waals surface area contributed by atoms with Crippen LogP contribution in [0.15, 0.2) is 62.0 Å². The fourth-order valence-electron chi connectivity index (χ4n) is 11.1. The molecule has 0 unspecified atom stereocenters. The Kier molecular flexibility index (Phi) is 11.7. The average molecular weight is 823 g/mol. The highest BCUT2D eigenvalue weighted by atomic mass is 16.2. The van der Waals surface area contributed by atoms with Crippen LogP contribution in [-0.4, -0.2) is 67.0 Å². The number of nitrogens with one attached hydrogen (secondary N) is 4. The summed E-state index contributed by atoms with van der Waals surface area (Å²) in [6.07, 6.45) is 19.0. The second kappa shape index (κ2) is 17.0. The van der Waals surface area contributed by atoms with Crippen molar-refractivity contribution in [3.05, 3.63) is 95.3 Å². The first-order valence-electron chi connectivity index (χ1n) is 22.6. The molecule has 0 bridgehead atoms. The Hall–Kier alpha value is -5.68. The molecule has 0 radical (unpaired) electrons. The van der Waals surface area contributed by atoms with Crippen molar-refractivity contribution in [3.8, 4) is 22.8 Å². The summed E-state index contributed by atoms with van der Waals surface area (Å²) in [5, 5.41) is 25.0. The topological polar surface area (TPSA) is 150 Å². The first-order valence-corrected chi connectivity index (χ1v) is 22.6. The van der Waals surface area contributed by atoms with Gasteiger partial charge in [0.15, 0.2) is 0 Å². The van der Waals surface area contributed by atoms with Crippen molar-refractivity contribution >= 4 is 45.0 Å². The first-order chi connectivity index (χ1) is 29.7. The van der Waals surface area contributed by atoms with Crippen LogP contribution in [0.5, 0.6) is 0 Å². The second-order valence-electron chi connectivity index (χ2n) is 17.1. The molecule has 4 aliphatic rings. The fourth-order valence-corrected chi connectivity index (χ4v) is 11.1. The smallest absolute Gasteiger partial charge is 0.238 e. The van der Waals surface area contributed by atoms with Gasteiger partial charge >= 0.3 is 0 Å². The summed E-state index contributed by atoms with van der Waals surface area (Å²) in [4.78, 5) is 38.3. The maximum absolute atomic E-state index is 13.6. The molecule has 6 aromatic rings. The lowest BCUT2D eigenvalue weighted by molar-refractivity contribution is -0.124. The summed E-state index contributed by atoms with van der Waals surface area (Å²) in [5.74, 6) is 0.456. The lowest BCUT2D eigenvalue weighted by Gasteiger charge is -2.28. The highest BCUT2D eigenvalue weighted by Gasteiger charge is 2.50. The third-order valence-corrected chi connectivity index (χ3v) is 13.6. The normalized spacial score (nSPS) is 16.6. The first kappa shape index (κ1) is 42.0. The van der Waals surface area contributed by atoms with Gasteiger partial charge in [0.1, 0.15) is 0 Å². The number of aromatic amines is 4. The number of carbonyl (C=O) groups excluding carboxylic acids is 2. The molecular weight excluding hydrogens is 761 g/mol. The Morgan fingerprint density at radius 3 is 1.49 bits per heavy atom. The molecule has 0 spiro atoms. The third kappa shape index (κ3) is 6.58. The number of aromatic nitrogens is 6. The number of carbonyl (C=O) groups is 2. The van der Waals surface area contributed by atoms with Crippen LogP contribution in [0.25, 0.3) is 44.6 Å². The van der Waals surface area contributed by atoms with Crippen molar-refractivity contribution in [3.63, 3.8) is 0 Å². The molecule has 0 atom stereocenters. The largest absolute Gasteiger partial charge is 0.397 e. The number of aryl methyl sites for hydroxylation is 4. The Bertz CT molecular complexity index is 2600. The number of amides is 2. The summed E-state index contributed by atoms with van der Waals surface area (Å²) in [7, 11) is 0. The van der Waals surface area contributed by atoms with Gasteiger partial charge in [-0.3, -0.25) is 19.8 Å². The van der Waals surface area contributed by atoms with Gasteiger partial charge in [-0.2, -0.15) is 10.2 Å². The Morgan fingerprint density at radius 1 is 0.656 bits per heavy atom. The standard InChI is InChI=1S/C24H30N4O.C24H26N4O.C2H6O/c2*1-4-10-24(11-5-2)18-13-19-17(12-20(18)28(6-3)23(24)29)16-9-7-8-15-14-25-27-21(15)22(16)26-19;1-2-3/h12-14,26H,4-11H2,1-3H3,(H,25,27);4-5,12-14,26H,1-2,6-11H2,3H3,(H,25,27);3H,2H2,1H3. The van der Waals surface area contributed by atoms with Crippen LogP contribution in [0.3, 0.4) is 0 Å². The molecule has 11 heteroatoms. The summed E-state index contributed by atoms with van der Waals surface area (Å²) < 4.78 is 0. The van der Waals surface area contributed by atoms with E-state index in [2.05, 4.69) is 88.6 Å². The monoisotopic (exact) mass is 822 g/mol. The van der Waals surface area contributed by atoms with E-state index in [0.29, 0.717) is 25.3 Å². The highest BCUT2D eigenvalue weighted by molar-refractivity contribution is 6.12. The van der Waals surface area contributed by atoms with Gasteiger partial charge < -0.3 is 24.9 Å². The molecule has 6 heterocycles. The van der Waals surface area contributed by atoms with Gasteiger partial charge in [-0.1, -0.05) is 38.8 Å². The van der Waals surface area contributed by atoms with E-state index in [4.69, 9.17) is 5.11 Å². The summed E-state index contributed by atoms with van der Waals surface area (Å²) >= 11 is 0. The number of hydrogen-bond donors (Lipinski definition) is 5. The number of H-pyrrole nitrogens is 4. The zero-order valence-electron chi connectivity index (χ0n) is 36.7. The Balaban J connectivity index is 0.000000158.